The maximum Gasteiger partial charge on any atom is 0.410 e. The summed E-state index contributed by atoms with van der Waals surface area (Å²) in [5.41, 5.74) is 0.915. The van der Waals surface area contributed by atoms with Crippen LogP contribution in [0.1, 0.15) is 45.6 Å². The molecule has 1 amide bonds. The van der Waals surface area contributed by atoms with Crippen LogP contribution in [0.4, 0.5) is 10.6 Å². The summed E-state index contributed by atoms with van der Waals surface area (Å²) in [4.78, 5) is 25.4. The van der Waals surface area contributed by atoms with Crippen LogP contribution in [0.2, 0.25) is 0 Å². The molecule has 2 aromatic heterocycles. The Morgan fingerprint density at radius 2 is 1.87 bits per heavy atom. The Balaban J connectivity index is 1.18. The van der Waals surface area contributed by atoms with Gasteiger partial charge in [0.25, 0.3) is 10.0 Å². The summed E-state index contributed by atoms with van der Waals surface area (Å²) in [6.07, 6.45) is 5.90. The number of hydrogen-bond acceptors (Lipinski definition) is 8. The number of nitrogens with zero attached hydrogens (tertiary/aromatic N) is 5. The zero-order valence-corrected chi connectivity index (χ0v) is 24.8. The van der Waals surface area contributed by atoms with Crippen LogP contribution in [0, 0.1) is 12.8 Å². The lowest BCUT2D eigenvalue weighted by Crippen LogP contribution is -2.44. The molecule has 1 atom stereocenters. The lowest BCUT2D eigenvalue weighted by atomic mass is 9.81. The zero-order chi connectivity index (χ0) is 27.9. The number of aromatic nitrogens is 3. The lowest BCUT2D eigenvalue weighted by molar-refractivity contribution is 0.0295. The van der Waals surface area contributed by atoms with Crippen molar-refractivity contribution in [2.45, 2.75) is 68.7 Å². The first-order valence-corrected chi connectivity index (χ1v) is 15.9. The third-order valence-corrected chi connectivity index (χ3v) is 10.7. The average Bonchev–Trinajstić information content (AvgIpc) is 3.50. The number of carbonyl (C=O) groups excluding carboxylic acids is 1. The third kappa shape index (κ3) is 5.89. The minimum Gasteiger partial charge on any atom is -0.444 e. The molecule has 210 valence electrons. The number of carbonyl (C=O) groups is 1. The summed E-state index contributed by atoms with van der Waals surface area (Å²) in [7, 11) is -1.74. The zero-order valence-electron chi connectivity index (χ0n) is 23.2. The molecule has 5 rings (SSSR count). The Kier molecular flexibility index (Phi) is 7.58. The van der Waals surface area contributed by atoms with Crippen molar-refractivity contribution in [2.24, 2.45) is 5.92 Å². The van der Waals surface area contributed by atoms with Gasteiger partial charge in [-0.1, -0.05) is 17.7 Å². The van der Waals surface area contributed by atoms with Crippen LogP contribution in [-0.4, -0.2) is 76.1 Å². The molecular formula is C28H37N5O4S2. The van der Waals surface area contributed by atoms with E-state index >= 15 is 0 Å². The Morgan fingerprint density at radius 1 is 1.15 bits per heavy atom. The van der Waals surface area contributed by atoms with Crippen molar-refractivity contribution in [1.29, 1.82) is 0 Å². The number of benzene rings is 1. The molecule has 1 aliphatic carbocycles. The summed E-state index contributed by atoms with van der Waals surface area (Å²) in [5, 5.41) is 1.17. The summed E-state index contributed by atoms with van der Waals surface area (Å²) in [6.45, 7) is 9.11. The van der Waals surface area contributed by atoms with Crippen molar-refractivity contribution in [3.63, 3.8) is 0 Å². The first-order valence-electron chi connectivity index (χ1n) is 13.4. The van der Waals surface area contributed by atoms with Gasteiger partial charge in [-0.15, -0.1) is 0 Å². The van der Waals surface area contributed by atoms with E-state index in [2.05, 4.69) is 14.9 Å². The van der Waals surface area contributed by atoms with E-state index in [0.717, 1.165) is 54.9 Å². The van der Waals surface area contributed by atoms with Crippen LogP contribution < -0.4 is 4.90 Å². The number of anilines is 1. The maximum atomic E-state index is 13.3. The SMILES string of the molecule is Cc1ccc(S(=O)(=O)n2ccc3c(N(C)[C@H]4C[C@@H](CSC5CCN(C(=O)OC(C)(C)C)C5)C4)ncnc32)cc1. The maximum absolute atomic E-state index is 13.3. The molecule has 2 fully saturated rings. The van der Waals surface area contributed by atoms with Gasteiger partial charge in [-0.2, -0.15) is 11.8 Å². The molecule has 2 aliphatic rings. The van der Waals surface area contributed by atoms with Crippen molar-refractivity contribution in [3.05, 3.63) is 48.4 Å². The van der Waals surface area contributed by atoms with E-state index in [0.29, 0.717) is 22.9 Å². The van der Waals surface area contributed by atoms with Crippen LogP contribution in [0.5, 0.6) is 0 Å². The normalized spacial score (nSPS) is 21.7. The molecule has 11 heteroatoms. The number of amides is 1. The van der Waals surface area contributed by atoms with E-state index in [1.54, 1.807) is 36.5 Å². The molecule has 1 aliphatic heterocycles. The fourth-order valence-electron chi connectivity index (χ4n) is 5.17. The van der Waals surface area contributed by atoms with Crippen molar-refractivity contribution >= 4 is 44.7 Å². The highest BCUT2D eigenvalue weighted by Gasteiger charge is 2.36. The highest BCUT2D eigenvalue weighted by atomic mass is 32.2. The highest BCUT2D eigenvalue weighted by Crippen LogP contribution is 2.39. The quantitative estimate of drug-likeness (QED) is 0.394. The fraction of sp³-hybridized carbons (Fsp3) is 0.536. The standard InChI is InChI=1S/C28H37N5O4S2/c1-19-6-8-23(9-7-19)39(35,36)33-13-11-24-25(29-18-30-26(24)33)31(5)21-14-20(15-21)17-38-22-10-12-32(16-22)27(34)37-28(2,3)4/h6-9,11,13,18,20-22H,10,12,14-17H2,1-5H3/t20-,21+,22?. The number of rotatable bonds is 7. The van der Waals surface area contributed by atoms with Gasteiger partial charge in [-0.3, -0.25) is 0 Å². The third-order valence-electron chi connectivity index (χ3n) is 7.46. The lowest BCUT2D eigenvalue weighted by Gasteiger charge is -2.42. The fourth-order valence-corrected chi connectivity index (χ4v) is 7.84. The van der Waals surface area contributed by atoms with Gasteiger partial charge in [-0.05, 0) is 76.8 Å². The summed E-state index contributed by atoms with van der Waals surface area (Å²) in [5.74, 6) is 2.43. The van der Waals surface area contributed by atoms with E-state index in [1.165, 1.54) is 10.3 Å². The molecule has 39 heavy (non-hydrogen) atoms. The van der Waals surface area contributed by atoms with Gasteiger partial charge >= 0.3 is 6.09 Å². The Labute approximate surface area is 235 Å². The second-order valence-corrected chi connectivity index (χ2v) is 14.8. The van der Waals surface area contributed by atoms with Crippen molar-refractivity contribution < 1.29 is 17.9 Å². The molecule has 0 spiro atoms. The number of hydrogen-bond donors (Lipinski definition) is 0. The predicted octanol–water partition coefficient (Wildman–Crippen LogP) is 4.93. The van der Waals surface area contributed by atoms with Crippen LogP contribution in [0.15, 0.2) is 47.8 Å². The second kappa shape index (κ2) is 10.6. The smallest absolute Gasteiger partial charge is 0.410 e. The molecule has 9 nitrogen and oxygen atoms in total. The Morgan fingerprint density at radius 3 is 2.56 bits per heavy atom. The first kappa shape index (κ1) is 27.8. The van der Waals surface area contributed by atoms with E-state index in [1.807, 2.05) is 51.4 Å². The molecule has 1 saturated carbocycles. The molecule has 0 bridgehead atoms. The van der Waals surface area contributed by atoms with Crippen LogP contribution in [0.25, 0.3) is 11.0 Å². The van der Waals surface area contributed by atoms with E-state index in [-0.39, 0.29) is 11.0 Å². The largest absolute Gasteiger partial charge is 0.444 e. The van der Waals surface area contributed by atoms with E-state index < -0.39 is 15.6 Å². The van der Waals surface area contributed by atoms with Crippen LogP contribution in [-0.2, 0) is 14.8 Å². The van der Waals surface area contributed by atoms with Crippen molar-refractivity contribution in [2.75, 3.05) is 30.8 Å². The number of likely N-dealkylation sites (tertiary alicyclic amines) is 1. The second-order valence-electron chi connectivity index (χ2n) is 11.6. The van der Waals surface area contributed by atoms with Gasteiger partial charge in [-0.25, -0.2) is 27.2 Å². The predicted molar refractivity (Wildman–Crippen MR) is 155 cm³/mol. The van der Waals surface area contributed by atoms with Gasteiger partial charge in [0.15, 0.2) is 5.65 Å². The average molecular weight is 572 g/mol. The van der Waals surface area contributed by atoms with Crippen molar-refractivity contribution in [1.82, 2.24) is 18.8 Å². The molecule has 1 saturated heterocycles. The summed E-state index contributed by atoms with van der Waals surface area (Å²) < 4.78 is 33.4. The summed E-state index contributed by atoms with van der Waals surface area (Å²) >= 11 is 1.96. The molecule has 1 aromatic carbocycles. The van der Waals surface area contributed by atoms with Gasteiger partial charge in [0.05, 0.1) is 10.3 Å². The molecule has 1 unspecified atom stereocenters. The summed E-state index contributed by atoms with van der Waals surface area (Å²) in [6, 6.07) is 8.96. The monoisotopic (exact) mass is 571 g/mol. The van der Waals surface area contributed by atoms with Gasteiger partial charge in [0.1, 0.15) is 17.7 Å². The minimum absolute atomic E-state index is 0.215. The van der Waals surface area contributed by atoms with Crippen molar-refractivity contribution in [3.8, 4) is 0 Å². The van der Waals surface area contributed by atoms with Gasteiger partial charge < -0.3 is 14.5 Å². The van der Waals surface area contributed by atoms with Gasteiger partial charge in [0.2, 0.25) is 0 Å². The van der Waals surface area contributed by atoms with Crippen LogP contribution >= 0.6 is 11.8 Å². The minimum atomic E-state index is -3.76. The molecule has 3 heterocycles. The van der Waals surface area contributed by atoms with Crippen LogP contribution in [0.3, 0.4) is 0 Å². The molecule has 0 N–H and O–H groups in total. The number of ether oxygens (including phenoxy) is 1. The Bertz CT molecular complexity index is 1440. The number of aryl methyl sites for hydroxylation is 1. The van der Waals surface area contributed by atoms with E-state index in [4.69, 9.17) is 4.74 Å². The topological polar surface area (TPSA) is 97.6 Å². The van der Waals surface area contributed by atoms with E-state index in [9.17, 15) is 13.2 Å². The highest BCUT2D eigenvalue weighted by molar-refractivity contribution is 7.99. The number of thioether (sulfide) groups is 1. The molecular weight excluding hydrogens is 534 g/mol. The van der Waals surface area contributed by atoms with Gasteiger partial charge in [0, 0.05) is 37.6 Å². The first-order chi connectivity index (χ1) is 18.4. The Hall–Kier alpha value is -2.79. The molecule has 0 radical (unpaired) electrons. The number of fused-ring (bicyclic) bond motifs is 1. The molecule has 3 aromatic rings.